The van der Waals surface area contributed by atoms with Crippen molar-refractivity contribution in [1.29, 1.82) is 0 Å². The Kier molecular flexibility index (Phi) is 7.04. The number of carbonyl (C=O) groups excluding carboxylic acids is 1. The van der Waals surface area contributed by atoms with Gasteiger partial charge in [0.25, 0.3) is 6.43 Å². The van der Waals surface area contributed by atoms with Gasteiger partial charge in [-0.15, -0.1) is 0 Å². The van der Waals surface area contributed by atoms with Gasteiger partial charge in [0, 0.05) is 17.7 Å². The first-order valence-corrected chi connectivity index (χ1v) is 4.91. The summed E-state index contributed by atoms with van der Waals surface area (Å²) in [5.74, 6) is -1.72. The maximum atomic E-state index is 11.7. The van der Waals surface area contributed by atoms with Crippen molar-refractivity contribution in [2.45, 2.75) is 20.3 Å². The van der Waals surface area contributed by atoms with Crippen molar-refractivity contribution in [3.63, 3.8) is 0 Å². The zero-order chi connectivity index (χ0) is 13.4. The highest BCUT2D eigenvalue weighted by atomic mass is 19.3. The van der Waals surface area contributed by atoms with Gasteiger partial charge in [-0.1, -0.05) is 0 Å². The van der Waals surface area contributed by atoms with E-state index in [1.165, 1.54) is 13.8 Å². The fourth-order valence-electron chi connectivity index (χ4n) is 0.872. The van der Waals surface area contributed by atoms with E-state index in [1.54, 1.807) is 0 Å². The lowest BCUT2D eigenvalue weighted by Gasteiger charge is -2.07. The average Bonchev–Trinajstić information content (AvgIpc) is 2.25. The highest BCUT2D eigenvalue weighted by Gasteiger charge is 2.11. The zero-order valence-corrected chi connectivity index (χ0v) is 9.63. The van der Waals surface area contributed by atoms with Gasteiger partial charge in [0.1, 0.15) is 6.61 Å². The molecule has 0 aromatic rings. The number of ether oxygens (including phenoxy) is 1. The molecule has 0 aromatic heterocycles. The molecule has 0 aliphatic heterocycles. The van der Waals surface area contributed by atoms with E-state index in [-0.39, 0.29) is 24.3 Å². The molecule has 0 atom stereocenters. The van der Waals surface area contributed by atoms with Crippen LogP contribution in [0.3, 0.4) is 0 Å². The number of carbonyl (C=O) groups is 2. The average molecular weight is 251 g/mol. The van der Waals surface area contributed by atoms with Crippen LogP contribution in [-0.4, -0.2) is 43.2 Å². The van der Waals surface area contributed by atoms with E-state index in [0.717, 1.165) is 0 Å². The SMILES string of the molecule is CC(C(=O)O)=C(C)C(=O)NCCOCC(F)F. The molecule has 0 aliphatic carbocycles. The Morgan fingerprint density at radius 3 is 2.35 bits per heavy atom. The Morgan fingerprint density at radius 1 is 1.29 bits per heavy atom. The molecule has 7 heteroatoms. The van der Waals surface area contributed by atoms with Crippen molar-refractivity contribution >= 4 is 11.9 Å². The van der Waals surface area contributed by atoms with Gasteiger partial charge < -0.3 is 15.2 Å². The van der Waals surface area contributed by atoms with Crippen LogP contribution < -0.4 is 5.32 Å². The second kappa shape index (κ2) is 7.72. The van der Waals surface area contributed by atoms with Crippen molar-refractivity contribution in [1.82, 2.24) is 5.32 Å². The Morgan fingerprint density at radius 2 is 1.88 bits per heavy atom. The number of alkyl halides is 2. The van der Waals surface area contributed by atoms with Gasteiger partial charge in [0.15, 0.2) is 0 Å². The summed E-state index contributed by atoms with van der Waals surface area (Å²) in [6.45, 7) is 2.01. The third-order valence-corrected chi connectivity index (χ3v) is 2.00. The third kappa shape index (κ3) is 6.62. The monoisotopic (exact) mass is 251 g/mol. The quantitative estimate of drug-likeness (QED) is 0.518. The highest BCUT2D eigenvalue weighted by Crippen LogP contribution is 2.03. The fraction of sp³-hybridized carbons (Fsp3) is 0.600. The second-order valence-electron chi connectivity index (χ2n) is 3.28. The predicted molar refractivity (Wildman–Crippen MR) is 55.8 cm³/mol. The van der Waals surface area contributed by atoms with E-state index >= 15 is 0 Å². The van der Waals surface area contributed by atoms with Gasteiger partial charge in [0.2, 0.25) is 5.91 Å². The minimum absolute atomic E-state index is 0.0462. The molecule has 0 saturated heterocycles. The summed E-state index contributed by atoms with van der Waals surface area (Å²) >= 11 is 0. The Labute approximate surface area is 97.4 Å². The van der Waals surface area contributed by atoms with Crippen molar-refractivity contribution < 1.29 is 28.2 Å². The minimum Gasteiger partial charge on any atom is -0.478 e. The molecule has 0 bridgehead atoms. The molecule has 0 heterocycles. The van der Waals surface area contributed by atoms with Crippen molar-refractivity contribution in [3.8, 4) is 0 Å². The number of nitrogens with one attached hydrogen (secondary N) is 1. The van der Waals surface area contributed by atoms with E-state index in [2.05, 4.69) is 10.1 Å². The smallest absolute Gasteiger partial charge is 0.331 e. The number of hydrogen-bond acceptors (Lipinski definition) is 3. The van der Waals surface area contributed by atoms with Crippen LogP contribution in [0.15, 0.2) is 11.1 Å². The summed E-state index contributed by atoms with van der Waals surface area (Å²) in [6, 6.07) is 0. The van der Waals surface area contributed by atoms with Crippen LogP contribution in [0.5, 0.6) is 0 Å². The summed E-state index contributed by atoms with van der Waals surface area (Å²) in [5, 5.41) is 11.0. The molecule has 0 radical (unpaired) electrons. The zero-order valence-electron chi connectivity index (χ0n) is 9.63. The largest absolute Gasteiger partial charge is 0.478 e. The summed E-state index contributed by atoms with van der Waals surface area (Å²) < 4.78 is 27.9. The number of carboxylic acid groups (broad SMARTS) is 1. The molecule has 0 aromatic carbocycles. The second-order valence-corrected chi connectivity index (χ2v) is 3.28. The summed E-state index contributed by atoms with van der Waals surface area (Å²) in [4.78, 5) is 21.9. The van der Waals surface area contributed by atoms with E-state index < -0.39 is 24.9 Å². The van der Waals surface area contributed by atoms with Crippen LogP contribution >= 0.6 is 0 Å². The third-order valence-electron chi connectivity index (χ3n) is 2.00. The fourth-order valence-corrected chi connectivity index (χ4v) is 0.872. The number of carboxylic acids is 1. The number of amides is 1. The predicted octanol–water partition coefficient (Wildman–Crippen LogP) is 0.805. The van der Waals surface area contributed by atoms with E-state index in [1.807, 2.05) is 0 Å². The summed E-state index contributed by atoms with van der Waals surface area (Å²) in [7, 11) is 0. The molecular weight excluding hydrogens is 236 g/mol. The van der Waals surface area contributed by atoms with Crippen molar-refractivity contribution in [2.24, 2.45) is 0 Å². The van der Waals surface area contributed by atoms with Gasteiger partial charge >= 0.3 is 5.97 Å². The van der Waals surface area contributed by atoms with Crippen LogP contribution in [0.1, 0.15) is 13.8 Å². The number of rotatable bonds is 7. The Balaban J connectivity index is 3.95. The number of halogens is 2. The molecule has 0 aliphatic rings. The van der Waals surface area contributed by atoms with Crippen LogP contribution in [0.4, 0.5) is 8.78 Å². The van der Waals surface area contributed by atoms with Gasteiger partial charge in [-0.2, -0.15) is 0 Å². The van der Waals surface area contributed by atoms with Crippen LogP contribution in [0.2, 0.25) is 0 Å². The molecule has 5 nitrogen and oxygen atoms in total. The van der Waals surface area contributed by atoms with Crippen LogP contribution in [-0.2, 0) is 14.3 Å². The lowest BCUT2D eigenvalue weighted by molar-refractivity contribution is -0.133. The molecule has 2 N–H and O–H groups in total. The van der Waals surface area contributed by atoms with Gasteiger partial charge in [-0.3, -0.25) is 4.79 Å². The number of hydrogen-bond donors (Lipinski definition) is 2. The molecule has 98 valence electrons. The first kappa shape index (κ1) is 15.5. The first-order valence-electron chi connectivity index (χ1n) is 4.91. The lowest BCUT2D eigenvalue weighted by Crippen LogP contribution is -2.29. The highest BCUT2D eigenvalue weighted by molar-refractivity contribution is 6.01. The Bertz CT molecular complexity index is 315. The maximum absolute atomic E-state index is 11.7. The van der Waals surface area contributed by atoms with Crippen LogP contribution in [0.25, 0.3) is 0 Å². The molecular formula is C10H15F2NO4. The topological polar surface area (TPSA) is 75.6 Å². The number of aliphatic carboxylic acids is 1. The van der Waals surface area contributed by atoms with Gasteiger partial charge in [-0.25, -0.2) is 13.6 Å². The molecule has 1 amide bonds. The first-order chi connectivity index (χ1) is 7.86. The molecule has 0 fully saturated rings. The normalized spacial score (nSPS) is 12.3. The van der Waals surface area contributed by atoms with Crippen molar-refractivity contribution in [3.05, 3.63) is 11.1 Å². The van der Waals surface area contributed by atoms with Crippen LogP contribution in [0, 0.1) is 0 Å². The molecule has 0 unspecified atom stereocenters. The molecule has 0 saturated carbocycles. The summed E-state index contributed by atoms with van der Waals surface area (Å²) in [6.07, 6.45) is -2.54. The maximum Gasteiger partial charge on any atom is 0.331 e. The van der Waals surface area contributed by atoms with Gasteiger partial charge in [-0.05, 0) is 13.8 Å². The molecule has 0 spiro atoms. The molecule has 0 rings (SSSR count). The molecule has 17 heavy (non-hydrogen) atoms. The lowest BCUT2D eigenvalue weighted by atomic mass is 10.1. The minimum atomic E-state index is -2.54. The standard InChI is InChI=1S/C10H15F2NO4/c1-6(7(2)10(15)16)9(14)13-3-4-17-5-8(11)12/h8H,3-5H2,1-2H3,(H,13,14)(H,15,16). The van der Waals surface area contributed by atoms with E-state index in [4.69, 9.17) is 5.11 Å². The summed E-state index contributed by atoms with van der Waals surface area (Å²) in [5.41, 5.74) is 0.0161. The van der Waals surface area contributed by atoms with Gasteiger partial charge in [0.05, 0.1) is 6.61 Å². The van der Waals surface area contributed by atoms with E-state index in [0.29, 0.717) is 0 Å². The Hall–Kier alpha value is -1.50. The van der Waals surface area contributed by atoms with Crippen molar-refractivity contribution in [2.75, 3.05) is 19.8 Å². The van der Waals surface area contributed by atoms with E-state index in [9.17, 15) is 18.4 Å².